The van der Waals surface area contributed by atoms with Gasteiger partial charge in [0, 0.05) is 11.8 Å². The molecule has 1 aliphatic rings. The minimum atomic E-state index is -3.40. The van der Waals surface area contributed by atoms with E-state index < -0.39 is 15.4 Å². The lowest BCUT2D eigenvalue weighted by atomic mass is 9.73. The van der Waals surface area contributed by atoms with Crippen LogP contribution in [0.1, 0.15) is 24.8 Å². The minimum Gasteiger partial charge on any atom is -0.494 e. The highest BCUT2D eigenvalue weighted by molar-refractivity contribution is 7.90. The van der Waals surface area contributed by atoms with Crippen LogP contribution in [0.15, 0.2) is 17.0 Å². The summed E-state index contributed by atoms with van der Waals surface area (Å²) < 4.78 is 28.6. The van der Waals surface area contributed by atoms with Gasteiger partial charge in [0.1, 0.15) is 4.90 Å². The number of rotatable bonds is 3. The van der Waals surface area contributed by atoms with Gasteiger partial charge in [0.25, 0.3) is 0 Å². The van der Waals surface area contributed by atoms with Crippen LogP contribution in [0.2, 0.25) is 5.02 Å². The average molecular weight is 290 g/mol. The lowest BCUT2D eigenvalue weighted by Crippen LogP contribution is -2.43. The molecule has 100 valence electrons. The predicted molar refractivity (Wildman–Crippen MR) is 70.8 cm³/mol. The monoisotopic (exact) mass is 289 g/mol. The highest BCUT2D eigenvalue weighted by atomic mass is 35.5. The van der Waals surface area contributed by atoms with E-state index in [9.17, 15) is 8.42 Å². The van der Waals surface area contributed by atoms with Crippen molar-refractivity contribution in [3.63, 3.8) is 0 Å². The van der Waals surface area contributed by atoms with E-state index in [0.29, 0.717) is 0 Å². The normalized spacial score (nSPS) is 18.2. The molecule has 0 radical (unpaired) electrons. The van der Waals surface area contributed by atoms with Crippen molar-refractivity contribution in [1.29, 1.82) is 0 Å². The molecule has 4 nitrogen and oxygen atoms in total. The van der Waals surface area contributed by atoms with Crippen LogP contribution in [-0.2, 0) is 15.4 Å². The quantitative estimate of drug-likeness (QED) is 0.925. The molecule has 6 heteroatoms. The summed E-state index contributed by atoms with van der Waals surface area (Å²) in [4.78, 5) is 0.101. The number of sulfone groups is 1. The van der Waals surface area contributed by atoms with E-state index in [-0.39, 0.29) is 15.7 Å². The number of ether oxygens (including phenoxy) is 1. The van der Waals surface area contributed by atoms with Crippen LogP contribution in [0, 0.1) is 0 Å². The molecule has 0 aliphatic heterocycles. The van der Waals surface area contributed by atoms with Crippen LogP contribution < -0.4 is 10.5 Å². The van der Waals surface area contributed by atoms with Gasteiger partial charge in [-0.25, -0.2) is 8.42 Å². The summed E-state index contributed by atoms with van der Waals surface area (Å²) in [5, 5.41) is 0.284. The van der Waals surface area contributed by atoms with E-state index in [1.54, 1.807) is 12.1 Å². The van der Waals surface area contributed by atoms with Crippen molar-refractivity contribution in [2.24, 2.45) is 5.73 Å². The van der Waals surface area contributed by atoms with Gasteiger partial charge in [0.2, 0.25) is 0 Å². The van der Waals surface area contributed by atoms with Crippen LogP contribution in [0.25, 0.3) is 0 Å². The van der Waals surface area contributed by atoms with Crippen molar-refractivity contribution >= 4 is 21.4 Å². The molecule has 0 aromatic heterocycles. The van der Waals surface area contributed by atoms with Crippen LogP contribution in [0.3, 0.4) is 0 Å². The van der Waals surface area contributed by atoms with Crippen molar-refractivity contribution in [3.8, 4) is 5.75 Å². The first-order valence-corrected chi connectivity index (χ1v) is 7.92. The van der Waals surface area contributed by atoms with Crippen molar-refractivity contribution < 1.29 is 13.2 Å². The molecule has 1 aromatic rings. The molecule has 1 fully saturated rings. The van der Waals surface area contributed by atoms with Gasteiger partial charge in [-0.1, -0.05) is 11.6 Å². The molecule has 1 aliphatic carbocycles. The first kappa shape index (κ1) is 13.6. The van der Waals surface area contributed by atoms with Gasteiger partial charge in [-0.3, -0.25) is 0 Å². The number of hydrogen-bond acceptors (Lipinski definition) is 4. The van der Waals surface area contributed by atoms with E-state index in [1.807, 2.05) is 0 Å². The van der Waals surface area contributed by atoms with Crippen molar-refractivity contribution in [2.45, 2.75) is 29.7 Å². The Balaban J connectivity index is 2.64. The maximum Gasteiger partial charge on any atom is 0.179 e. The molecule has 1 aromatic carbocycles. The summed E-state index contributed by atoms with van der Waals surface area (Å²) >= 11 is 6.08. The fraction of sp³-hybridized carbons (Fsp3) is 0.500. The number of halogens is 1. The van der Waals surface area contributed by atoms with Crippen molar-refractivity contribution in [1.82, 2.24) is 0 Å². The third-order valence-electron chi connectivity index (χ3n) is 3.43. The fourth-order valence-corrected chi connectivity index (χ4v) is 3.40. The highest BCUT2D eigenvalue weighted by Gasteiger charge is 2.36. The Hall–Kier alpha value is -0.780. The number of benzene rings is 1. The molecule has 0 amide bonds. The number of nitrogens with two attached hydrogens (primary N) is 1. The molecule has 0 spiro atoms. The van der Waals surface area contributed by atoms with E-state index in [2.05, 4.69) is 0 Å². The molecular formula is C12H16ClNO3S. The Kier molecular flexibility index (Phi) is 3.34. The molecule has 0 bridgehead atoms. The summed E-state index contributed by atoms with van der Waals surface area (Å²) in [6, 6.07) is 3.29. The maximum absolute atomic E-state index is 11.8. The second kappa shape index (κ2) is 4.40. The first-order valence-electron chi connectivity index (χ1n) is 5.65. The number of hydrogen-bond donors (Lipinski definition) is 1. The molecule has 1 saturated carbocycles. The predicted octanol–water partition coefficient (Wildman–Crippen LogP) is 2.09. The zero-order valence-corrected chi connectivity index (χ0v) is 11.9. The van der Waals surface area contributed by atoms with Crippen LogP contribution >= 0.6 is 11.6 Å². The standard InChI is InChI=1S/C12H16ClNO3S/c1-17-11-9(13)6-8(12(14)4-3-5-12)7-10(11)18(2,15)16/h6-7H,3-5,14H2,1-2H3. The second-order valence-electron chi connectivity index (χ2n) is 4.77. The largest absolute Gasteiger partial charge is 0.494 e. The van der Waals surface area contributed by atoms with Crippen molar-refractivity contribution in [3.05, 3.63) is 22.7 Å². The molecule has 2 N–H and O–H groups in total. The lowest BCUT2D eigenvalue weighted by Gasteiger charge is -2.39. The lowest BCUT2D eigenvalue weighted by molar-refractivity contribution is 0.253. The SMILES string of the molecule is COc1c(Cl)cc(C2(N)CCC2)cc1S(C)(=O)=O. The zero-order chi connectivity index (χ0) is 13.6. The summed E-state index contributed by atoms with van der Waals surface area (Å²) in [6.07, 6.45) is 3.88. The summed E-state index contributed by atoms with van der Waals surface area (Å²) in [7, 11) is -2.00. The van der Waals surface area contributed by atoms with E-state index in [0.717, 1.165) is 31.1 Å². The smallest absolute Gasteiger partial charge is 0.179 e. The molecule has 0 unspecified atom stereocenters. The highest BCUT2D eigenvalue weighted by Crippen LogP contribution is 2.43. The molecule has 18 heavy (non-hydrogen) atoms. The molecule has 2 rings (SSSR count). The first-order chi connectivity index (χ1) is 8.28. The van der Waals surface area contributed by atoms with Gasteiger partial charge in [-0.2, -0.15) is 0 Å². The Morgan fingerprint density at radius 1 is 1.39 bits per heavy atom. The number of methoxy groups -OCH3 is 1. The summed E-state index contributed by atoms with van der Waals surface area (Å²) in [6.45, 7) is 0. The van der Waals surface area contributed by atoms with Crippen molar-refractivity contribution in [2.75, 3.05) is 13.4 Å². The summed E-state index contributed by atoms with van der Waals surface area (Å²) in [5.41, 5.74) is 6.52. The molecular weight excluding hydrogens is 274 g/mol. The minimum absolute atomic E-state index is 0.101. The fourth-order valence-electron chi connectivity index (χ4n) is 2.18. The average Bonchev–Trinajstić information content (AvgIpc) is 2.23. The van der Waals surface area contributed by atoms with E-state index >= 15 is 0 Å². The molecule has 0 heterocycles. The van der Waals surface area contributed by atoms with Gasteiger partial charge < -0.3 is 10.5 Å². The summed E-state index contributed by atoms with van der Waals surface area (Å²) in [5.74, 6) is 0.186. The zero-order valence-electron chi connectivity index (χ0n) is 10.4. The third-order valence-corrected chi connectivity index (χ3v) is 4.82. The van der Waals surface area contributed by atoms with E-state index in [4.69, 9.17) is 22.1 Å². The van der Waals surface area contributed by atoms with Crippen LogP contribution in [0.4, 0.5) is 0 Å². The van der Waals surface area contributed by atoms with Gasteiger partial charge in [0.15, 0.2) is 15.6 Å². The Bertz CT molecular complexity index is 579. The third kappa shape index (κ3) is 2.22. The van der Waals surface area contributed by atoms with Crippen LogP contribution in [-0.4, -0.2) is 21.8 Å². The Morgan fingerprint density at radius 2 is 2.00 bits per heavy atom. The topological polar surface area (TPSA) is 69.4 Å². The van der Waals surface area contributed by atoms with Gasteiger partial charge >= 0.3 is 0 Å². The second-order valence-corrected chi connectivity index (χ2v) is 7.16. The van der Waals surface area contributed by atoms with Gasteiger partial charge in [0.05, 0.1) is 12.1 Å². The molecule has 0 saturated heterocycles. The van der Waals surface area contributed by atoms with Gasteiger partial charge in [-0.15, -0.1) is 0 Å². The molecule has 0 atom stereocenters. The Morgan fingerprint density at radius 3 is 2.39 bits per heavy atom. The van der Waals surface area contributed by atoms with Crippen LogP contribution in [0.5, 0.6) is 5.75 Å². The van der Waals surface area contributed by atoms with Gasteiger partial charge in [-0.05, 0) is 37.0 Å². The van der Waals surface area contributed by atoms with E-state index in [1.165, 1.54) is 7.11 Å². The maximum atomic E-state index is 11.8. The Labute approximate surface area is 112 Å².